The molecule has 13 nitrogen and oxygen atoms in total. The highest BCUT2D eigenvalue weighted by Crippen LogP contribution is 2.37. The summed E-state index contributed by atoms with van der Waals surface area (Å²) in [5, 5.41) is 29.0. The number of methoxy groups -OCH3 is 1. The zero-order valence-electron chi connectivity index (χ0n) is 26.8. The smallest absolute Gasteiger partial charge is 0.337 e. The van der Waals surface area contributed by atoms with Gasteiger partial charge >= 0.3 is 12.0 Å². The Balaban J connectivity index is 1.40. The molecule has 0 bridgehead atoms. The van der Waals surface area contributed by atoms with E-state index < -0.39 is 24.3 Å². The number of carbonyl (C=O) groups is 2. The quantitative estimate of drug-likeness (QED) is 0.0738. The fraction of sp³-hybridized carbons (Fsp3) is 0.294. The van der Waals surface area contributed by atoms with Crippen molar-refractivity contribution in [1.29, 1.82) is 5.26 Å². The number of aliphatic hydroxyl groups excluding tert-OH is 1. The number of ether oxygens (including phenoxy) is 5. The lowest BCUT2D eigenvalue weighted by molar-refractivity contribution is -0.136. The van der Waals surface area contributed by atoms with Crippen LogP contribution in [0.3, 0.4) is 0 Å². The van der Waals surface area contributed by atoms with Crippen molar-refractivity contribution in [2.75, 3.05) is 26.9 Å². The van der Waals surface area contributed by atoms with Crippen LogP contribution in [-0.4, -0.2) is 56.5 Å². The van der Waals surface area contributed by atoms with Crippen molar-refractivity contribution in [3.05, 3.63) is 92.6 Å². The average molecular weight is 723 g/mol. The first-order valence-electron chi connectivity index (χ1n) is 15.0. The van der Waals surface area contributed by atoms with Crippen LogP contribution in [0.5, 0.6) is 23.0 Å². The number of hydrogen-bond acceptors (Lipinski definition) is 11. The van der Waals surface area contributed by atoms with E-state index in [1.165, 1.54) is 13.3 Å². The summed E-state index contributed by atoms with van der Waals surface area (Å²) in [5.41, 5.74) is 5.99. The maximum atomic E-state index is 12.5. The molecule has 3 aromatic rings. The Bertz CT molecular complexity index is 1720. The fourth-order valence-electron chi connectivity index (χ4n) is 4.72. The van der Waals surface area contributed by atoms with Gasteiger partial charge in [-0.15, -0.1) is 0 Å². The van der Waals surface area contributed by atoms with E-state index in [1.54, 1.807) is 56.3 Å². The van der Waals surface area contributed by atoms with Crippen LogP contribution >= 0.6 is 15.9 Å². The third-order valence-corrected chi connectivity index (χ3v) is 7.50. The number of amides is 2. The van der Waals surface area contributed by atoms with Gasteiger partial charge in [0.1, 0.15) is 13.2 Å². The van der Waals surface area contributed by atoms with Gasteiger partial charge in [0.15, 0.2) is 29.2 Å². The van der Waals surface area contributed by atoms with E-state index in [1.807, 2.05) is 19.1 Å². The number of allylic oxidation sites excluding steroid dienone is 1. The topological polar surface area (TPSA) is 173 Å². The Kier molecular flexibility index (Phi) is 12.6. The Morgan fingerprint density at radius 2 is 1.79 bits per heavy atom. The number of nitrogens with zero attached hydrogens (tertiary/aromatic N) is 2. The van der Waals surface area contributed by atoms with Gasteiger partial charge in [0, 0.05) is 5.70 Å². The van der Waals surface area contributed by atoms with Crippen molar-refractivity contribution in [2.45, 2.75) is 39.6 Å². The summed E-state index contributed by atoms with van der Waals surface area (Å²) in [6, 6.07) is 16.5. The number of aliphatic hydroxyl groups is 1. The molecule has 0 aliphatic carbocycles. The molecule has 0 aromatic heterocycles. The van der Waals surface area contributed by atoms with Gasteiger partial charge in [0.2, 0.25) is 0 Å². The molecule has 14 heteroatoms. The van der Waals surface area contributed by atoms with Gasteiger partial charge in [-0.05, 0) is 89.8 Å². The van der Waals surface area contributed by atoms with Gasteiger partial charge in [-0.25, -0.2) is 9.59 Å². The highest BCUT2D eigenvalue weighted by atomic mass is 79.9. The molecule has 4 N–H and O–H groups in total. The van der Waals surface area contributed by atoms with Crippen LogP contribution in [0.4, 0.5) is 4.79 Å². The summed E-state index contributed by atoms with van der Waals surface area (Å²) in [6.45, 7) is 6.13. The first kappa shape index (κ1) is 35.6. The fourth-order valence-corrected chi connectivity index (χ4v) is 5.29. The Hall–Kier alpha value is -5.26. The Morgan fingerprint density at radius 1 is 1.06 bits per heavy atom. The molecule has 0 saturated heterocycles. The molecule has 252 valence electrons. The number of hydrogen-bond donors (Lipinski definition) is 4. The summed E-state index contributed by atoms with van der Waals surface area (Å²) in [5.74, 6) is 1.14. The maximum absolute atomic E-state index is 12.5. The minimum absolute atomic E-state index is 0.177. The number of nitriles is 1. The standard InChI is InChI=1S/C34H36BrN5O8/c1-5-45-27-15-24(31-30(33(42)44-4)20(3)38-34(43)39-31)11-12-26(27)47-19-29(41)40-37-17-23-13-25(35)32(28(14-23)46-6-2)48-18-22-9-7-21(16-36)8-10-22/h7-15,17,29,31,40-41H,5-6,18-19H2,1-4H3,(H2,38,39,43)/b37-17+/t29-,31+/m1/s1. The van der Waals surface area contributed by atoms with E-state index in [0.717, 1.165) is 5.56 Å². The molecule has 1 aliphatic rings. The Labute approximate surface area is 286 Å². The SMILES string of the molecule is CCOc1cc([C@@H]2NC(=O)NC(C)=C2C(=O)OC)ccc1OC[C@@H](O)N/N=C/c1cc(Br)c(OCc2ccc(C#N)cc2)c(OCC)c1. The van der Waals surface area contributed by atoms with Crippen LogP contribution in [0, 0.1) is 11.3 Å². The van der Waals surface area contributed by atoms with Gasteiger partial charge in [-0.2, -0.15) is 10.4 Å². The molecule has 48 heavy (non-hydrogen) atoms. The van der Waals surface area contributed by atoms with Crippen molar-refractivity contribution in [2.24, 2.45) is 5.10 Å². The largest absolute Gasteiger partial charge is 0.490 e. The summed E-state index contributed by atoms with van der Waals surface area (Å²) >= 11 is 3.55. The molecule has 1 heterocycles. The highest BCUT2D eigenvalue weighted by molar-refractivity contribution is 9.10. The summed E-state index contributed by atoms with van der Waals surface area (Å²) in [7, 11) is 1.27. The van der Waals surface area contributed by atoms with Gasteiger partial charge in [-0.1, -0.05) is 18.2 Å². The number of urea groups is 1. The lowest BCUT2D eigenvalue weighted by Gasteiger charge is -2.28. The van der Waals surface area contributed by atoms with E-state index in [4.69, 9.17) is 28.9 Å². The third-order valence-electron chi connectivity index (χ3n) is 6.91. The van der Waals surface area contributed by atoms with Crippen LogP contribution in [0.25, 0.3) is 0 Å². The predicted molar refractivity (Wildman–Crippen MR) is 180 cm³/mol. The number of nitrogens with one attached hydrogen (secondary N) is 3. The van der Waals surface area contributed by atoms with Crippen molar-refractivity contribution >= 4 is 34.1 Å². The van der Waals surface area contributed by atoms with Crippen molar-refractivity contribution in [3.8, 4) is 29.1 Å². The molecular weight excluding hydrogens is 686 g/mol. The average Bonchev–Trinajstić information content (AvgIpc) is 3.07. The molecule has 0 spiro atoms. The van der Waals surface area contributed by atoms with Gasteiger partial charge < -0.3 is 39.4 Å². The third kappa shape index (κ3) is 9.18. The molecule has 0 fully saturated rings. The number of hydrazone groups is 1. The molecule has 0 radical (unpaired) electrons. The maximum Gasteiger partial charge on any atom is 0.337 e. The van der Waals surface area contributed by atoms with Crippen LogP contribution in [0.1, 0.15) is 49.1 Å². The molecule has 4 rings (SSSR count). The molecule has 1 aliphatic heterocycles. The zero-order valence-corrected chi connectivity index (χ0v) is 28.4. The summed E-state index contributed by atoms with van der Waals surface area (Å²) in [4.78, 5) is 24.7. The van der Waals surface area contributed by atoms with Crippen molar-refractivity contribution in [3.63, 3.8) is 0 Å². The van der Waals surface area contributed by atoms with Crippen LogP contribution in [-0.2, 0) is 16.1 Å². The molecule has 2 amide bonds. The molecule has 0 saturated carbocycles. The first-order valence-corrected chi connectivity index (χ1v) is 15.8. The summed E-state index contributed by atoms with van der Waals surface area (Å²) in [6.07, 6.45) is 0.337. The predicted octanol–water partition coefficient (Wildman–Crippen LogP) is 4.82. The highest BCUT2D eigenvalue weighted by Gasteiger charge is 2.32. The van der Waals surface area contributed by atoms with Crippen molar-refractivity contribution < 1.29 is 38.4 Å². The van der Waals surface area contributed by atoms with E-state index >= 15 is 0 Å². The number of rotatable bonds is 15. The monoisotopic (exact) mass is 721 g/mol. The molecule has 3 aromatic carbocycles. The lowest BCUT2D eigenvalue weighted by atomic mass is 9.95. The first-order chi connectivity index (χ1) is 23.2. The zero-order chi connectivity index (χ0) is 34.6. The molecule has 2 atom stereocenters. The number of esters is 1. The van der Waals surface area contributed by atoms with Gasteiger partial charge in [0.25, 0.3) is 0 Å². The second kappa shape index (κ2) is 17.1. The Morgan fingerprint density at radius 3 is 2.48 bits per heavy atom. The van der Waals surface area contributed by atoms with Crippen LogP contribution in [0.2, 0.25) is 0 Å². The number of carbonyl (C=O) groups excluding carboxylic acids is 2. The van der Waals surface area contributed by atoms with E-state index in [0.29, 0.717) is 63.1 Å². The number of halogens is 1. The van der Waals surface area contributed by atoms with Crippen LogP contribution < -0.4 is 35.0 Å². The minimum atomic E-state index is -1.18. The second-order valence-corrected chi connectivity index (χ2v) is 11.1. The van der Waals surface area contributed by atoms with E-state index in [-0.39, 0.29) is 18.8 Å². The minimum Gasteiger partial charge on any atom is -0.490 e. The van der Waals surface area contributed by atoms with Gasteiger partial charge in [-0.3, -0.25) is 5.43 Å². The van der Waals surface area contributed by atoms with Crippen molar-refractivity contribution in [1.82, 2.24) is 16.1 Å². The normalized spacial score (nSPS) is 14.8. The molecule has 0 unspecified atom stereocenters. The van der Waals surface area contributed by atoms with E-state index in [9.17, 15) is 14.7 Å². The lowest BCUT2D eigenvalue weighted by Crippen LogP contribution is -2.45. The molecular formula is C34H36BrN5O8. The summed E-state index contributed by atoms with van der Waals surface area (Å²) < 4.78 is 29.0. The van der Waals surface area contributed by atoms with E-state index in [2.05, 4.69) is 43.2 Å². The van der Waals surface area contributed by atoms with Gasteiger partial charge in [0.05, 0.1) is 54.3 Å². The second-order valence-electron chi connectivity index (χ2n) is 10.3. The van der Waals surface area contributed by atoms with Crippen LogP contribution in [0.15, 0.2) is 75.4 Å². The number of benzene rings is 3.